The van der Waals surface area contributed by atoms with Gasteiger partial charge in [0, 0.05) is 0 Å². The number of hydrogen-bond acceptors (Lipinski definition) is 0. The molecule has 0 spiro atoms. The van der Waals surface area contributed by atoms with Crippen LogP contribution in [-0.4, -0.2) is 9.52 Å². The molecule has 1 heteroatoms. The first-order chi connectivity index (χ1) is 5.45. The molecule has 0 heterocycles. The molecule has 0 bridgehead atoms. The van der Waals surface area contributed by atoms with E-state index in [1.807, 2.05) is 0 Å². The van der Waals surface area contributed by atoms with Crippen LogP contribution >= 0.6 is 0 Å². The van der Waals surface area contributed by atoms with Crippen molar-refractivity contribution in [1.29, 1.82) is 0 Å². The van der Waals surface area contributed by atoms with Gasteiger partial charge in [0.1, 0.15) is 9.52 Å². The summed E-state index contributed by atoms with van der Waals surface area (Å²) in [6.07, 6.45) is 15.6. The Bertz CT molecular complexity index is 239. The molecule has 0 unspecified atom stereocenters. The zero-order chi connectivity index (χ0) is 7.52. The summed E-state index contributed by atoms with van der Waals surface area (Å²) in [6.45, 7) is 0. The smallest absolute Gasteiger partial charge is 0.0809 e. The molecule has 54 valence electrons. The topological polar surface area (TPSA) is 0 Å². The van der Waals surface area contributed by atoms with E-state index in [-0.39, 0.29) is 0 Å². The van der Waals surface area contributed by atoms with Gasteiger partial charge in [0.2, 0.25) is 0 Å². The van der Waals surface area contributed by atoms with Gasteiger partial charge in [-0.1, -0.05) is 46.8 Å². The maximum atomic E-state index is 2.25. The van der Waals surface area contributed by atoms with Crippen LogP contribution in [0.15, 0.2) is 46.8 Å². The fraction of sp³-hybridized carbons (Fsp3) is 0.200. The van der Waals surface area contributed by atoms with E-state index in [0.29, 0.717) is 0 Å². The molecule has 11 heavy (non-hydrogen) atoms. The van der Waals surface area contributed by atoms with Crippen LogP contribution in [-0.2, 0) is 0 Å². The summed E-state index contributed by atoms with van der Waals surface area (Å²) in [4.78, 5) is 0. The van der Waals surface area contributed by atoms with E-state index >= 15 is 0 Å². The summed E-state index contributed by atoms with van der Waals surface area (Å²) >= 11 is 0. The van der Waals surface area contributed by atoms with Gasteiger partial charge in [-0.15, -0.1) is 0 Å². The van der Waals surface area contributed by atoms with Crippen LogP contribution in [0.4, 0.5) is 0 Å². The average Bonchev–Trinajstić information content (AvgIpc) is 2.60. The maximum absolute atomic E-state index is 2.25. The van der Waals surface area contributed by atoms with E-state index < -0.39 is 0 Å². The first-order valence-corrected chi connectivity index (χ1v) is 4.93. The quantitative estimate of drug-likeness (QED) is 0.541. The highest BCUT2D eigenvalue weighted by molar-refractivity contribution is 6.54. The minimum Gasteiger partial charge on any atom is -0.0809 e. The molecular weight excluding hydrogens is 148 g/mol. The fourth-order valence-corrected chi connectivity index (χ4v) is 2.50. The Balaban J connectivity index is 1.91. The van der Waals surface area contributed by atoms with Crippen LogP contribution in [0.25, 0.3) is 0 Å². The van der Waals surface area contributed by atoms with E-state index in [1.165, 1.54) is 12.8 Å². The van der Waals surface area contributed by atoms with Crippen molar-refractivity contribution in [1.82, 2.24) is 0 Å². The molecule has 0 amide bonds. The Morgan fingerprint density at radius 1 is 0.909 bits per heavy atom. The van der Waals surface area contributed by atoms with Gasteiger partial charge < -0.3 is 0 Å². The summed E-state index contributed by atoms with van der Waals surface area (Å²) in [7, 11) is 0.937. The third kappa shape index (κ3) is 1.60. The molecule has 0 atom stereocenters. The highest BCUT2D eigenvalue weighted by Crippen LogP contribution is 2.16. The molecule has 0 aromatic rings. The predicted octanol–water partition coefficient (Wildman–Crippen LogP) is 2.38. The average molecular weight is 158 g/mol. The molecule has 0 aromatic carbocycles. The van der Waals surface area contributed by atoms with E-state index in [0.717, 1.165) is 9.52 Å². The van der Waals surface area contributed by atoms with Crippen molar-refractivity contribution >= 4 is 9.52 Å². The van der Waals surface area contributed by atoms with Crippen molar-refractivity contribution in [2.75, 3.05) is 0 Å². The zero-order valence-corrected chi connectivity index (χ0v) is 7.38. The lowest BCUT2D eigenvalue weighted by atomic mass is 10.5. The van der Waals surface area contributed by atoms with Crippen LogP contribution in [0.3, 0.4) is 0 Å². The molecule has 0 saturated carbocycles. The fourth-order valence-electron chi connectivity index (χ4n) is 1.29. The lowest BCUT2D eigenvalue weighted by Crippen LogP contribution is -1.96. The Morgan fingerprint density at radius 3 is 1.82 bits per heavy atom. The zero-order valence-electron chi connectivity index (χ0n) is 6.38. The van der Waals surface area contributed by atoms with Gasteiger partial charge in [-0.05, 0) is 12.8 Å². The highest BCUT2D eigenvalue weighted by atomic mass is 28.2. The minimum absolute atomic E-state index is 0.937. The first-order valence-electron chi connectivity index (χ1n) is 3.93. The number of rotatable bonds is 2. The van der Waals surface area contributed by atoms with Gasteiger partial charge in [0.25, 0.3) is 0 Å². The standard InChI is InChI=1S/C10H10Si/c1-2-6-9(5-1)11-10-7-3-4-8-10/h1-5,7H,6,8H2. The number of hydrogen-bond donors (Lipinski definition) is 0. The molecule has 2 aliphatic carbocycles. The Kier molecular flexibility index (Phi) is 1.90. The van der Waals surface area contributed by atoms with Crippen molar-refractivity contribution in [3.05, 3.63) is 46.8 Å². The summed E-state index contributed by atoms with van der Waals surface area (Å²) in [5, 5.41) is 3.17. The van der Waals surface area contributed by atoms with Crippen LogP contribution in [0, 0.1) is 0 Å². The van der Waals surface area contributed by atoms with E-state index in [1.54, 1.807) is 10.4 Å². The van der Waals surface area contributed by atoms with Crippen molar-refractivity contribution < 1.29 is 0 Å². The van der Waals surface area contributed by atoms with E-state index in [9.17, 15) is 0 Å². The summed E-state index contributed by atoms with van der Waals surface area (Å²) in [5.41, 5.74) is 0. The van der Waals surface area contributed by atoms with Gasteiger partial charge in [0.15, 0.2) is 0 Å². The maximum Gasteiger partial charge on any atom is 0.110 e. The van der Waals surface area contributed by atoms with Crippen molar-refractivity contribution in [3.63, 3.8) is 0 Å². The molecule has 0 aliphatic heterocycles. The monoisotopic (exact) mass is 158 g/mol. The van der Waals surface area contributed by atoms with Gasteiger partial charge in [0.05, 0.1) is 0 Å². The van der Waals surface area contributed by atoms with Crippen LogP contribution in [0.5, 0.6) is 0 Å². The largest absolute Gasteiger partial charge is 0.110 e. The summed E-state index contributed by atoms with van der Waals surface area (Å²) in [5.74, 6) is 0. The second-order valence-corrected chi connectivity index (χ2v) is 4.31. The lowest BCUT2D eigenvalue weighted by Gasteiger charge is -1.99. The molecule has 0 N–H and O–H groups in total. The second-order valence-electron chi connectivity index (χ2n) is 2.77. The van der Waals surface area contributed by atoms with E-state index in [2.05, 4.69) is 36.5 Å². The van der Waals surface area contributed by atoms with Crippen molar-refractivity contribution in [2.45, 2.75) is 12.8 Å². The van der Waals surface area contributed by atoms with Crippen molar-refractivity contribution in [2.24, 2.45) is 0 Å². The molecule has 0 saturated heterocycles. The van der Waals surface area contributed by atoms with Gasteiger partial charge in [-0.3, -0.25) is 0 Å². The molecule has 0 aromatic heterocycles. The molecule has 2 radical (unpaired) electrons. The SMILES string of the molecule is C1=CCC([Si]C2=CC=CC2)=C1. The van der Waals surface area contributed by atoms with Crippen LogP contribution in [0.2, 0.25) is 0 Å². The Hall–Kier alpha value is -0.823. The van der Waals surface area contributed by atoms with Crippen LogP contribution in [0.1, 0.15) is 12.8 Å². The molecule has 0 fully saturated rings. The third-order valence-corrected chi connectivity index (χ3v) is 3.25. The first kappa shape index (κ1) is 6.86. The van der Waals surface area contributed by atoms with Crippen molar-refractivity contribution in [3.8, 4) is 0 Å². The normalized spacial score (nSPS) is 20.7. The lowest BCUT2D eigenvalue weighted by molar-refractivity contribution is 1.35. The highest BCUT2D eigenvalue weighted by Gasteiger charge is 2.05. The Labute approximate surface area is 69.8 Å². The van der Waals surface area contributed by atoms with Crippen LogP contribution < -0.4 is 0 Å². The number of allylic oxidation sites excluding steroid dienone is 8. The van der Waals surface area contributed by atoms with Gasteiger partial charge in [-0.25, -0.2) is 0 Å². The minimum atomic E-state index is 0.937. The molecule has 2 aliphatic rings. The second kappa shape index (κ2) is 3.05. The third-order valence-electron chi connectivity index (χ3n) is 1.86. The molecule has 0 nitrogen and oxygen atoms in total. The van der Waals surface area contributed by atoms with E-state index in [4.69, 9.17) is 0 Å². The molecular formula is C10H10Si. The Morgan fingerprint density at radius 2 is 1.45 bits per heavy atom. The van der Waals surface area contributed by atoms with Gasteiger partial charge >= 0.3 is 0 Å². The molecule has 2 rings (SSSR count). The van der Waals surface area contributed by atoms with Gasteiger partial charge in [-0.2, -0.15) is 0 Å². The summed E-state index contributed by atoms with van der Waals surface area (Å²) in [6, 6.07) is 0. The summed E-state index contributed by atoms with van der Waals surface area (Å²) < 4.78 is 0. The predicted molar refractivity (Wildman–Crippen MR) is 49.4 cm³/mol.